The summed E-state index contributed by atoms with van der Waals surface area (Å²) in [6, 6.07) is 17.0. The van der Waals surface area contributed by atoms with Gasteiger partial charge in [0.1, 0.15) is 0 Å². The standard InChI is InChI=1S/C23H30N4O3/c1-17(2)25-23(29)26-21-11-7-6-10-20(21)22(28)24-14-19-16-27(12-13-30-19)15-18-8-4-3-5-9-18/h3-11,17,19H,12-16H2,1-2H3,(H,24,28)(H2,25,26,29). The van der Waals surface area contributed by atoms with Gasteiger partial charge in [0.2, 0.25) is 0 Å². The molecule has 0 aromatic heterocycles. The number of rotatable bonds is 7. The average molecular weight is 411 g/mol. The van der Waals surface area contributed by atoms with Crippen LogP contribution in [0.4, 0.5) is 10.5 Å². The van der Waals surface area contributed by atoms with Crippen LogP contribution in [-0.4, -0.2) is 55.2 Å². The van der Waals surface area contributed by atoms with Crippen LogP contribution in [0.3, 0.4) is 0 Å². The Kier molecular flexibility index (Phi) is 7.82. The van der Waals surface area contributed by atoms with Crippen LogP contribution in [0.15, 0.2) is 54.6 Å². The van der Waals surface area contributed by atoms with E-state index in [2.05, 4.69) is 33.0 Å². The van der Waals surface area contributed by atoms with Crippen LogP contribution in [-0.2, 0) is 11.3 Å². The Hall–Kier alpha value is -2.90. The van der Waals surface area contributed by atoms with Crippen LogP contribution < -0.4 is 16.0 Å². The van der Waals surface area contributed by atoms with Crippen molar-refractivity contribution in [2.45, 2.75) is 32.5 Å². The van der Waals surface area contributed by atoms with Gasteiger partial charge in [0, 0.05) is 32.2 Å². The zero-order chi connectivity index (χ0) is 21.3. The Bertz CT molecular complexity index is 841. The van der Waals surface area contributed by atoms with Crippen molar-refractivity contribution in [1.82, 2.24) is 15.5 Å². The minimum atomic E-state index is -0.336. The highest BCUT2D eigenvalue weighted by Crippen LogP contribution is 2.15. The molecular weight excluding hydrogens is 380 g/mol. The Labute approximate surface area is 177 Å². The van der Waals surface area contributed by atoms with Gasteiger partial charge in [-0.3, -0.25) is 9.69 Å². The van der Waals surface area contributed by atoms with Crippen LogP contribution in [0.5, 0.6) is 0 Å². The number of nitrogens with one attached hydrogen (secondary N) is 3. The molecule has 1 fully saturated rings. The molecule has 2 aromatic rings. The topological polar surface area (TPSA) is 82.7 Å². The van der Waals surface area contributed by atoms with Gasteiger partial charge in [-0.15, -0.1) is 0 Å². The summed E-state index contributed by atoms with van der Waals surface area (Å²) in [4.78, 5) is 27.1. The summed E-state index contributed by atoms with van der Waals surface area (Å²) in [7, 11) is 0. The predicted molar refractivity (Wildman–Crippen MR) is 118 cm³/mol. The van der Waals surface area contributed by atoms with Gasteiger partial charge >= 0.3 is 6.03 Å². The lowest BCUT2D eigenvalue weighted by Gasteiger charge is -2.33. The van der Waals surface area contributed by atoms with E-state index in [9.17, 15) is 9.59 Å². The van der Waals surface area contributed by atoms with Gasteiger partial charge in [0.25, 0.3) is 5.91 Å². The predicted octanol–water partition coefficient (Wildman–Crippen LogP) is 2.85. The van der Waals surface area contributed by atoms with Crippen LogP contribution >= 0.6 is 0 Å². The summed E-state index contributed by atoms with van der Waals surface area (Å²) in [5, 5.41) is 8.45. The van der Waals surface area contributed by atoms with E-state index in [1.54, 1.807) is 24.3 Å². The number of carbonyl (C=O) groups excluding carboxylic acids is 2. The van der Waals surface area contributed by atoms with Crippen molar-refractivity contribution in [2.24, 2.45) is 0 Å². The minimum Gasteiger partial charge on any atom is -0.374 e. The molecule has 3 N–H and O–H groups in total. The Balaban J connectivity index is 1.53. The van der Waals surface area contributed by atoms with Crippen molar-refractivity contribution in [2.75, 3.05) is 31.6 Å². The van der Waals surface area contributed by atoms with E-state index in [0.717, 1.165) is 19.6 Å². The maximum absolute atomic E-state index is 12.7. The molecule has 7 heteroatoms. The third-order valence-corrected chi connectivity index (χ3v) is 4.80. The maximum Gasteiger partial charge on any atom is 0.319 e. The molecule has 1 heterocycles. The molecule has 3 rings (SSSR count). The molecule has 0 aliphatic carbocycles. The molecule has 160 valence electrons. The molecule has 7 nitrogen and oxygen atoms in total. The second-order valence-electron chi connectivity index (χ2n) is 7.72. The van der Waals surface area contributed by atoms with Gasteiger partial charge in [-0.2, -0.15) is 0 Å². The monoisotopic (exact) mass is 410 g/mol. The van der Waals surface area contributed by atoms with E-state index in [1.807, 2.05) is 32.0 Å². The number of nitrogens with zero attached hydrogens (tertiary/aromatic N) is 1. The van der Waals surface area contributed by atoms with Crippen molar-refractivity contribution < 1.29 is 14.3 Å². The highest BCUT2D eigenvalue weighted by atomic mass is 16.5. The van der Waals surface area contributed by atoms with E-state index in [-0.39, 0.29) is 24.1 Å². The lowest BCUT2D eigenvalue weighted by molar-refractivity contribution is -0.0292. The fraction of sp³-hybridized carbons (Fsp3) is 0.391. The van der Waals surface area contributed by atoms with E-state index in [0.29, 0.717) is 24.4 Å². The number of ether oxygens (including phenoxy) is 1. The van der Waals surface area contributed by atoms with E-state index >= 15 is 0 Å². The van der Waals surface area contributed by atoms with E-state index in [4.69, 9.17) is 4.74 Å². The fourth-order valence-corrected chi connectivity index (χ4v) is 3.40. The molecule has 0 radical (unpaired) electrons. The number of anilines is 1. The zero-order valence-electron chi connectivity index (χ0n) is 17.6. The van der Waals surface area contributed by atoms with Gasteiger partial charge < -0.3 is 20.7 Å². The van der Waals surface area contributed by atoms with Gasteiger partial charge in [-0.05, 0) is 31.5 Å². The lowest BCUT2D eigenvalue weighted by Crippen LogP contribution is -2.47. The van der Waals surface area contributed by atoms with Crippen molar-refractivity contribution in [3.8, 4) is 0 Å². The second-order valence-corrected chi connectivity index (χ2v) is 7.72. The van der Waals surface area contributed by atoms with Gasteiger partial charge in [-0.1, -0.05) is 42.5 Å². The largest absolute Gasteiger partial charge is 0.374 e. The Morgan fingerprint density at radius 1 is 1.10 bits per heavy atom. The number of carbonyl (C=O) groups is 2. The molecule has 2 aromatic carbocycles. The number of para-hydroxylation sites is 1. The summed E-state index contributed by atoms with van der Waals surface area (Å²) < 4.78 is 5.83. The van der Waals surface area contributed by atoms with Crippen molar-refractivity contribution in [3.05, 3.63) is 65.7 Å². The summed E-state index contributed by atoms with van der Waals surface area (Å²) in [5.41, 5.74) is 2.17. The third kappa shape index (κ3) is 6.57. The normalized spacial score (nSPS) is 16.8. The van der Waals surface area contributed by atoms with Gasteiger partial charge in [0.05, 0.1) is 24.0 Å². The maximum atomic E-state index is 12.7. The van der Waals surface area contributed by atoms with Crippen molar-refractivity contribution in [1.29, 1.82) is 0 Å². The van der Waals surface area contributed by atoms with Crippen molar-refractivity contribution >= 4 is 17.6 Å². The van der Waals surface area contributed by atoms with Crippen LogP contribution in [0.25, 0.3) is 0 Å². The summed E-state index contributed by atoms with van der Waals surface area (Å²) in [6.07, 6.45) is -0.0734. The number of urea groups is 1. The first kappa shape index (κ1) is 21.8. The quantitative estimate of drug-likeness (QED) is 0.656. The average Bonchev–Trinajstić information content (AvgIpc) is 2.73. The van der Waals surface area contributed by atoms with E-state index in [1.165, 1.54) is 5.56 Å². The molecule has 3 amide bonds. The van der Waals surface area contributed by atoms with Crippen LogP contribution in [0.2, 0.25) is 0 Å². The third-order valence-electron chi connectivity index (χ3n) is 4.80. The zero-order valence-corrected chi connectivity index (χ0v) is 17.6. The number of hydrogen-bond donors (Lipinski definition) is 3. The van der Waals surface area contributed by atoms with Crippen molar-refractivity contribution in [3.63, 3.8) is 0 Å². The molecule has 1 aliphatic rings. The molecule has 1 unspecified atom stereocenters. The Morgan fingerprint density at radius 3 is 2.60 bits per heavy atom. The summed E-state index contributed by atoms with van der Waals surface area (Å²) in [6.45, 7) is 7.31. The summed E-state index contributed by atoms with van der Waals surface area (Å²) in [5.74, 6) is -0.237. The number of hydrogen-bond acceptors (Lipinski definition) is 4. The molecule has 0 spiro atoms. The van der Waals surface area contributed by atoms with Crippen LogP contribution in [0, 0.1) is 0 Å². The molecule has 1 saturated heterocycles. The van der Waals surface area contributed by atoms with Gasteiger partial charge in [-0.25, -0.2) is 4.79 Å². The smallest absolute Gasteiger partial charge is 0.319 e. The first-order valence-electron chi connectivity index (χ1n) is 10.3. The highest BCUT2D eigenvalue weighted by molar-refractivity contribution is 6.03. The number of benzene rings is 2. The molecular formula is C23H30N4O3. The second kappa shape index (κ2) is 10.8. The SMILES string of the molecule is CC(C)NC(=O)Nc1ccccc1C(=O)NCC1CN(Cc2ccccc2)CCO1. The molecule has 30 heavy (non-hydrogen) atoms. The molecule has 1 atom stereocenters. The first-order valence-corrected chi connectivity index (χ1v) is 10.3. The Morgan fingerprint density at radius 2 is 1.83 bits per heavy atom. The first-order chi connectivity index (χ1) is 14.5. The fourth-order valence-electron chi connectivity index (χ4n) is 3.40. The minimum absolute atomic E-state index is 0.00766. The van der Waals surface area contributed by atoms with E-state index < -0.39 is 0 Å². The molecule has 0 bridgehead atoms. The number of morpholine rings is 1. The lowest BCUT2D eigenvalue weighted by atomic mass is 10.1. The summed E-state index contributed by atoms with van der Waals surface area (Å²) >= 11 is 0. The number of amides is 3. The highest BCUT2D eigenvalue weighted by Gasteiger charge is 2.22. The van der Waals surface area contributed by atoms with Gasteiger partial charge in [0.15, 0.2) is 0 Å². The molecule has 1 aliphatic heterocycles. The van der Waals surface area contributed by atoms with Crippen LogP contribution in [0.1, 0.15) is 29.8 Å². The molecule has 0 saturated carbocycles.